The van der Waals surface area contributed by atoms with Crippen LogP contribution in [0.3, 0.4) is 0 Å². The highest BCUT2D eigenvalue weighted by molar-refractivity contribution is 9.10. The third-order valence-corrected chi connectivity index (χ3v) is 4.28. The van der Waals surface area contributed by atoms with E-state index in [0.29, 0.717) is 4.47 Å². The molecule has 1 aromatic carbocycles. The zero-order valence-corrected chi connectivity index (χ0v) is 12.6. The van der Waals surface area contributed by atoms with Crippen molar-refractivity contribution in [2.75, 3.05) is 4.72 Å². The highest BCUT2D eigenvalue weighted by Gasteiger charge is 2.25. The number of carboxylic acid groups (broad SMARTS) is 1. The molecule has 3 N–H and O–H groups in total. The van der Waals surface area contributed by atoms with Crippen LogP contribution in [-0.4, -0.2) is 29.7 Å². The van der Waals surface area contributed by atoms with E-state index in [1.165, 1.54) is 12.1 Å². The maximum Gasteiger partial charge on any atom is 0.340 e. The molecule has 1 heterocycles. The van der Waals surface area contributed by atoms with E-state index in [2.05, 4.69) is 30.8 Å². The molecule has 0 saturated heterocycles. The van der Waals surface area contributed by atoms with Gasteiger partial charge < -0.3 is 5.11 Å². The van der Waals surface area contributed by atoms with Crippen LogP contribution in [-0.2, 0) is 10.0 Å². The van der Waals surface area contributed by atoms with Crippen molar-refractivity contribution in [3.63, 3.8) is 0 Å². The fraction of sp³-hybridized carbons (Fsp3) is 0. The van der Waals surface area contributed by atoms with Gasteiger partial charge in [0, 0.05) is 4.47 Å². The van der Waals surface area contributed by atoms with Gasteiger partial charge in [0.1, 0.15) is 11.6 Å². The first kappa shape index (κ1) is 15.0. The number of hydrogen-bond acceptors (Lipinski definition) is 5. The van der Waals surface area contributed by atoms with E-state index in [4.69, 9.17) is 10.4 Å². The summed E-state index contributed by atoms with van der Waals surface area (Å²) >= 11 is 3.16. The van der Waals surface area contributed by atoms with E-state index in [1.54, 1.807) is 6.07 Å². The van der Waals surface area contributed by atoms with Crippen molar-refractivity contribution < 1.29 is 18.3 Å². The van der Waals surface area contributed by atoms with Crippen LogP contribution in [0, 0.1) is 11.3 Å². The van der Waals surface area contributed by atoms with Crippen molar-refractivity contribution in [3.05, 3.63) is 40.0 Å². The topological polar surface area (TPSA) is 136 Å². The molecule has 0 bridgehead atoms. The molecule has 2 aromatic rings. The molecule has 0 aliphatic carbocycles. The number of nitrogens with one attached hydrogen (secondary N) is 2. The normalized spacial score (nSPS) is 10.9. The fourth-order valence-corrected chi connectivity index (χ4v) is 3.06. The Labute approximate surface area is 127 Å². The lowest BCUT2D eigenvalue weighted by Gasteiger charge is -2.08. The van der Waals surface area contributed by atoms with Crippen molar-refractivity contribution in [2.24, 2.45) is 0 Å². The minimum Gasteiger partial charge on any atom is -0.478 e. The van der Waals surface area contributed by atoms with Gasteiger partial charge in [-0.15, -0.1) is 0 Å². The summed E-state index contributed by atoms with van der Waals surface area (Å²) in [6, 6.07) is 6.21. The average Bonchev–Trinajstić information content (AvgIpc) is 2.91. The van der Waals surface area contributed by atoms with Crippen LogP contribution in [0.5, 0.6) is 0 Å². The molecule has 0 spiro atoms. The number of rotatable bonds is 4. The number of halogens is 1. The molecule has 0 saturated carbocycles. The van der Waals surface area contributed by atoms with E-state index in [0.717, 1.165) is 6.20 Å². The molecule has 21 heavy (non-hydrogen) atoms. The summed E-state index contributed by atoms with van der Waals surface area (Å²) in [6.07, 6.45) is 0.893. The zero-order chi connectivity index (χ0) is 15.6. The number of hydrogen-bond donors (Lipinski definition) is 3. The van der Waals surface area contributed by atoms with Gasteiger partial charge in [0.2, 0.25) is 0 Å². The predicted molar refractivity (Wildman–Crippen MR) is 75.2 cm³/mol. The smallest absolute Gasteiger partial charge is 0.340 e. The van der Waals surface area contributed by atoms with Crippen molar-refractivity contribution in [1.82, 2.24) is 10.2 Å². The van der Waals surface area contributed by atoms with Crippen LogP contribution in [0.1, 0.15) is 15.9 Å². The summed E-state index contributed by atoms with van der Waals surface area (Å²) in [5.41, 5.74) is -0.367. The highest BCUT2D eigenvalue weighted by atomic mass is 79.9. The van der Waals surface area contributed by atoms with Crippen LogP contribution in [0.4, 0.5) is 5.69 Å². The first-order valence-corrected chi connectivity index (χ1v) is 7.62. The molecule has 108 valence electrons. The second-order valence-corrected chi connectivity index (χ2v) is 6.36. The minimum absolute atomic E-state index is 0.0339. The van der Waals surface area contributed by atoms with E-state index in [9.17, 15) is 13.2 Å². The molecule has 0 amide bonds. The molecule has 0 unspecified atom stereocenters. The number of anilines is 1. The Bertz CT molecular complexity index is 853. The molecule has 0 radical (unpaired) electrons. The number of benzene rings is 1. The zero-order valence-electron chi connectivity index (χ0n) is 10.2. The Morgan fingerprint density at radius 3 is 2.81 bits per heavy atom. The molecule has 0 aliphatic heterocycles. The van der Waals surface area contributed by atoms with Crippen molar-refractivity contribution in [2.45, 2.75) is 5.03 Å². The molecule has 0 aliphatic rings. The van der Waals surface area contributed by atoms with E-state index in [-0.39, 0.29) is 11.3 Å². The molecule has 0 fully saturated rings. The number of aromatic amines is 1. The maximum absolute atomic E-state index is 12.2. The molecule has 1 aromatic heterocycles. The van der Waals surface area contributed by atoms with Gasteiger partial charge in [0.15, 0.2) is 5.03 Å². The maximum atomic E-state index is 12.2. The molecule has 10 heteroatoms. The lowest BCUT2D eigenvalue weighted by Crippen LogP contribution is -2.17. The lowest BCUT2D eigenvalue weighted by molar-refractivity contribution is 0.0692. The largest absolute Gasteiger partial charge is 0.478 e. The molecular weight excluding hydrogens is 364 g/mol. The van der Waals surface area contributed by atoms with Crippen LogP contribution in [0.15, 0.2) is 33.9 Å². The number of H-pyrrole nitrogens is 1. The Balaban J connectivity index is 2.46. The average molecular weight is 371 g/mol. The first-order valence-electron chi connectivity index (χ1n) is 5.34. The summed E-state index contributed by atoms with van der Waals surface area (Å²) in [4.78, 5) is 10.9. The van der Waals surface area contributed by atoms with Crippen molar-refractivity contribution in [3.8, 4) is 6.07 Å². The van der Waals surface area contributed by atoms with Gasteiger partial charge in [0.25, 0.3) is 10.0 Å². The van der Waals surface area contributed by atoms with Crippen LogP contribution in [0.25, 0.3) is 0 Å². The summed E-state index contributed by atoms with van der Waals surface area (Å²) in [7, 11) is -4.21. The van der Waals surface area contributed by atoms with Gasteiger partial charge in [-0.2, -0.15) is 18.8 Å². The van der Waals surface area contributed by atoms with E-state index in [1.807, 2.05) is 6.07 Å². The Morgan fingerprint density at radius 2 is 2.19 bits per heavy atom. The van der Waals surface area contributed by atoms with Gasteiger partial charge in [-0.3, -0.25) is 9.82 Å². The quantitative estimate of drug-likeness (QED) is 0.746. The third-order valence-electron chi connectivity index (χ3n) is 2.45. The molecular formula is C11H7BrN4O4S. The second kappa shape index (κ2) is 5.55. The van der Waals surface area contributed by atoms with Crippen molar-refractivity contribution >= 4 is 37.6 Å². The Hall–Kier alpha value is -2.38. The number of nitriles is 1. The highest BCUT2D eigenvalue weighted by Crippen LogP contribution is 2.23. The van der Waals surface area contributed by atoms with Gasteiger partial charge in [-0.25, -0.2) is 4.79 Å². The summed E-state index contributed by atoms with van der Waals surface area (Å²) < 4.78 is 27.1. The van der Waals surface area contributed by atoms with Crippen LogP contribution >= 0.6 is 15.9 Å². The first-order chi connectivity index (χ1) is 9.85. The Kier molecular flexibility index (Phi) is 3.97. The van der Waals surface area contributed by atoms with E-state index < -0.39 is 26.6 Å². The fourth-order valence-electron chi connectivity index (χ4n) is 1.53. The number of aromatic nitrogens is 2. The van der Waals surface area contributed by atoms with Gasteiger partial charge in [-0.1, -0.05) is 15.9 Å². The number of carboxylic acids is 1. The summed E-state index contributed by atoms with van der Waals surface area (Å²) in [5.74, 6) is -1.43. The molecule has 0 atom stereocenters. The minimum atomic E-state index is -4.21. The number of aromatic carboxylic acids is 1. The number of sulfonamides is 1. The van der Waals surface area contributed by atoms with Crippen LogP contribution in [0.2, 0.25) is 0 Å². The second-order valence-electron chi connectivity index (χ2n) is 3.83. The monoisotopic (exact) mass is 370 g/mol. The Morgan fingerprint density at radius 1 is 1.48 bits per heavy atom. The number of nitrogens with zero attached hydrogens (tertiary/aromatic N) is 2. The van der Waals surface area contributed by atoms with Gasteiger partial charge in [-0.05, 0) is 18.2 Å². The SMILES string of the molecule is N#Cc1cc(Br)ccc1NS(=O)(=O)c1[nH]ncc1C(=O)O. The third kappa shape index (κ3) is 3.04. The molecule has 8 nitrogen and oxygen atoms in total. The van der Waals surface area contributed by atoms with Crippen LogP contribution < -0.4 is 4.72 Å². The predicted octanol–water partition coefficient (Wildman–Crippen LogP) is 1.54. The van der Waals surface area contributed by atoms with Gasteiger partial charge in [0.05, 0.1) is 17.4 Å². The van der Waals surface area contributed by atoms with Gasteiger partial charge >= 0.3 is 5.97 Å². The summed E-state index contributed by atoms with van der Waals surface area (Å²) in [6.45, 7) is 0. The molecule has 2 rings (SSSR count). The number of carbonyl (C=O) groups is 1. The summed E-state index contributed by atoms with van der Waals surface area (Å²) in [5, 5.41) is 22.9. The van der Waals surface area contributed by atoms with Crippen molar-refractivity contribution in [1.29, 1.82) is 5.26 Å². The lowest BCUT2D eigenvalue weighted by atomic mass is 10.2. The standard InChI is InChI=1S/C11H7BrN4O4S/c12-7-1-2-9(6(3-7)4-13)16-21(19,20)10-8(11(17)18)5-14-15-10/h1-3,5,16H,(H,14,15)(H,17,18). The van der Waals surface area contributed by atoms with E-state index >= 15 is 0 Å².